The Morgan fingerprint density at radius 2 is 2.00 bits per heavy atom. The van der Waals surface area contributed by atoms with Gasteiger partial charge in [-0.1, -0.05) is 13.3 Å². The van der Waals surface area contributed by atoms with Crippen LogP contribution in [-0.4, -0.2) is 48.7 Å². The highest BCUT2D eigenvalue weighted by molar-refractivity contribution is 5.95. The Morgan fingerprint density at radius 1 is 1.38 bits per heavy atom. The first-order valence-electron chi connectivity index (χ1n) is 7.81. The molecule has 1 unspecified atom stereocenters. The third kappa shape index (κ3) is 3.76. The molecular formula is C17H26N2O2. The fraction of sp³-hybridized carbons (Fsp3) is 0.588. The normalized spacial score (nSPS) is 16.5. The predicted molar refractivity (Wildman–Crippen MR) is 85.7 cm³/mol. The van der Waals surface area contributed by atoms with E-state index in [1.807, 2.05) is 24.3 Å². The lowest BCUT2D eigenvalue weighted by atomic mass is 9.94. The number of amides is 1. The third-order valence-electron chi connectivity index (χ3n) is 4.28. The van der Waals surface area contributed by atoms with Crippen molar-refractivity contribution in [3.8, 4) is 0 Å². The zero-order valence-corrected chi connectivity index (χ0v) is 13.2. The molecule has 0 radical (unpaired) electrons. The minimum absolute atomic E-state index is 0.0645. The van der Waals surface area contributed by atoms with Gasteiger partial charge < -0.3 is 14.9 Å². The number of unbranched alkanes of at least 4 members (excludes halogenated alkanes) is 1. The molecule has 1 aliphatic heterocycles. The van der Waals surface area contributed by atoms with Gasteiger partial charge in [0.15, 0.2) is 0 Å². The minimum atomic E-state index is -0.330. The Bertz CT molecular complexity index is 464. The van der Waals surface area contributed by atoms with Crippen LogP contribution in [0.15, 0.2) is 24.3 Å². The Kier molecular flexibility index (Phi) is 5.23. The molecule has 1 saturated heterocycles. The van der Waals surface area contributed by atoms with Crippen molar-refractivity contribution in [2.75, 3.05) is 31.6 Å². The lowest BCUT2D eigenvalue weighted by Crippen LogP contribution is -2.53. The van der Waals surface area contributed by atoms with Crippen molar-refractivity contribution in [1.82, 2.24) is 4.90 Å². The maximum absolute atomic E-state index is 12.3. The average Bonchev–Trinajstić information content (AvgIpc) is 2.42. The van der Waals surface area contributed by atoms with Crippen LogP contribution in [0.5, 0.6) is 0 Å². The van der Waals surface area contributed by atoms with Gasteiger partial charge in [0, 0.05) is 43.9 Å². The Balaban J connectivity index is 1.92. The maximum Gasteiger partial charge on any atom is 0.253 e. The number of aliphatic hydroxyl groups is 1. The van der Waals surface area contributed by atoms with E-state index in [1.54, 1.807) is 11.8 Å². The second kappa shape index (κ2) is 6.94. The van der Waals surface area contributed by atoms with E-state index in [-0.39, 0.29) is 17.9 Å². The fourth-order valence-corrected chi connectivity index (χ4v) is 2.55. The topological polar surface area (TPSA) is 43.8 Å². The van der Waals surface area contributed by atoms with Crippen LogP contribution in [0.3, 0.4) is 0 Å². The molecule has 4 nitrogen and oxygen atoms in total. The van der Waals surface area contributed by atoms with Crippen molar-refractivity contribution in [2.24, 2.45) is 5.92 Å². The smallest absolute Gasteiger partial charge is 0.253 e. The second-order valence-corrected chi connectivity index (χ2v) is 6.03. The average molecular weight is 290 g/mol. The lowest BCUT2D eigenvalue weighted by molar-refractivity contribution is 0.00883. The van der Waals surface area contributed by atoms with Gasteiger partial charge in [-0.25, -0.2) is 0 Å². The molecule has 0 saturated carbocycles. The maximum atomic E-state index is 12.3. The van der Waals surface area contributed by atoms with E-state index < -0.39 is 0 Å². The number of carbonyl (C=O) groups is 1. The zero-order chi connectivity index (χ0) is 15.4. The van der Waals surface area contributed by atoms with Crippen molar-refractivity contribution >= 4 is 11.6 Å². The number of hydrogen-bond donors (Lipinski definition) is 1. The quantitative estimate of drug-likeness (QED) is 0.875. The molecule has 0 spiro atoms. The summed E-state index contributed by atoms with van der Waals surface area (Å²) in [6, 6.07) is 7.81. The van der Waals surface area contributed by atoms with Crippen LogP contribution in [-0.2, 0) is 0 Å². The number of aliphatic hydroxyl groups excluding tert-OH is 1. The van der Waals surface area contributed by atoms with Gasteiger partial charge in [-0.15, -0.1) is 0 Å². The molecule has 0 aromatic heterocycles. The monoisotopic (exact) mass is 290 g/mol. The van der Waals surface area contributed by atoms with Gasteiger partial charge in [0.05, 0.1) is 6.10 Å². The molecule has 0 bridgehead atoms. The summed E-state index contributed by atoms with van der Waals surface area (Å²) in [4.78, 5) is 16.3. The molecule has 0 aliphatic carbocycles. The molecule has 1 aromatic rings. The summed E-state index contributed by atoms with van der Waals surface area (Å²) in [5.74, 6) is 0.295. The van der Waals surface area contributed by atoms with Gasteiger partial charge in [0.1, 0.15) is 0 Å². The van der Waals surface area contributed by atoms with Crippen molar-refractivity contribution < 1.29 is 9.90 Å². The van der Waals surface area contributed by atoms with Crippen LogP contribution in [0.25, 0.3) is 0 Å². The van der Waals surface area contributed by atoms with Gasteiger partial charge in [0.2, 0.25) is 0 Å². The molecule has 21 heavy (non-hydrogen) atoms. The lowest BCUT2D eigenvalue weighted by Gasteiger charge is -2.40. The van der Waals surface area contributed by atoms with E-state index in [9.17, 15) is 9.90 Å². The first kappa shape index (κ1) is 15.8. The van der Waals surface area contributed by atoms with Gasteiger partial charge >= 0.3 is 0 Å². The first-order chi connectivity index (χ1) is 10.0. The van der Waals surface area contributed by atoms with Crippen LogP contribution >= 0.6 is 0 Å². The number of nitrogens with zero attached hydrogens (tertiary/aromatic N) is 2. The Hall–Kier alpha value is -1.55. The standard InChI is InChI=1S/C17H26N2O2/c1-4-5-10-18(3)16-8-6-14(7-9-16)17(21)19-11-15(12-19)13(2)20/h6-9,13,15,20H,4-5,10-12H2,1-3H3. The summed E-state index contributed by atoms with van der Waals surface area (Å²) in [5, 5.41) is 9.47. The largest absolute Gasteiger partial charge is 0.393 e. The van der Waals surface area contributed by atoms with Crippen molar-refractivity contribution in [2.45, 2.75) is 32.8 Å². The zero-order valence-electron chi connectivity index (χ0n) is 13.2. The number of anilines is 1. The van der Waals surface area contributed by atoms with Crippen molar-refractivity contribution in [3.63, 3.8) is 0 Å². The minimum Gasteiger partial charge on any atom is -0.393 e. The van der Waals surface area contributed by atoms with Crippen LogP contribution < -0.4 is 4.90 Å². The van der Waals surface area contributed by atoms with Crippen molar-refractivity contribution in [1.29, 1.82) is 0 Å². The molecule has 1 aromatic carbocycles. The summed E-state index contributed by atoms with van der Waals surface area (Å²) in [6.07, 6.45) is 2.02. The van der Waals surface area contributed by atoms with E-state index in [4.69, 9.17) is 0 Å². The summed E-state index contributed by atoms with van der Waals surface area (Å²) in [7, 11) is 2.08. The summed E-state index contributed by atoms with van der Waals surface area (Å²) >= 11 is 0. The summed E-state index contributed by atoms with van der Waals surface area (Å²) in [6.45, 7) is 6.33. The summed E-state index contributed by atoms with van der Waals surface area (Å²) in [5.41, 5.74) is 1.87. The molecule has 1 aliphatic rings. The first-order valence-corrected chi connectivity index (χ1v) is 7.81. The number of rotatable bonds is 6. The van der Waals surface area contributed by atoms with Crippen LogP contribution in [0.1, 0.15) is 37.0 Å². The van der Waals surface area contributed by atoms with Gasteiger partial charge in [-0.05, 0) is 37.6 Å². The third-order valence-corrected chi connectivity index (χ3v) is 4.28. The van der Waals surface area contributed by atoms with Gasteiger partial charge in [-0.2, -0.15) is 0 Å². The highest BCUT2D eigenvalue weighted by Crippen LogP contribution is 2.22. The Labute approximate surface area is 127 Å². The highest BCUT2D eigenvalue weighted by Gasteiger charge is 2.33. The Morgan fingerprint density at radius 3 is 2.52 bits per heavy atom. The predicted octanol–water partition coefficient (Wildman–Crippen LogP) is 2.38. The SMILES string of the molecule is CCCCN(C)c1ccc(C(=O)N2CC(C(C)O)C2)cc1. The molecular weight excluding hydrogens is 264 g/mol. The number of hydrogen-bond acceptors (Lipinski definition) is 3. The highest BCUT2D eigenvalue weighted by atomic mass is 16.3. The van der Waals surface area contributed by atoms with Gasteiger partial charge in [-0.3, -0.25) is 4.79 Å². The molecule has 2 rings (SSSR count). The molecule has 1 amide bonds. The van der Waals surface area contributed by atoms with Crippen LogP contribution in [0, 0.1) is 5.92 Å². The molecule has 4 heteroatoms. The van der Waals surface area contributed by atoms with Gasteiger partial charge in [0.25, 0.3) is 5.91 Å². The number of benzene rings is 1. The van der Waals surface area contributed by atoms with E-state index in [0.717, 1.165) is 17.8 Å². The molecule has 1 atom stereocenters. The van der Waals surface area contributed by atoms with Crippen molar-refractivity contribution in [3.05, 3.63) is 29.8 Å². The summed E-state index contributed by atoms with van der Waals surface area (Å²) < 4.78 is 0. The molecule has 1 fully saturated rings. The number of likely N-dealkylation sites (tertiary alicyclic amines) is 1. The molecule has 1 N–H and O–H groups in total. The van der Waals surface area contributed by atoms with E-state index in [0.29, 0.717) is 13.1 Å². The molecule has 1 heterocycles. The van der Waals surface area contributed by atoms with E-state index in [1.165, 1.54) is 12.8 Å². The fourth-order valence-electron chi connectivity index (χ4n) is 2.55. The van der Waals surface area contributed by atoms with E-state index in [2.05, 4.69) is 18.9 Å². The van der Waals surface area contributed by atoms with Crippen LogP contribution in [0.4, 0.5) is 5.69 Å². The van der Waals surface area contributed by atoms with Crippen LogP contribution in [0.2, 0.25) is 0 Å². The van der Waals surface area contributed by atoms with E-state index >= 15 is 0 Å². The number of carbonyl (C=O) groups excluding carboxylic acids is 1. The second-order valence-electron chi connectivity index (χ2n) is 6.03. The molecule has 116 valence electrons.